The van der Waals surface area contributed by atoms with E-state index in [9.17, 15) is 0 Å². The number of hydrogen-bond donors (Lipinski definition) is 0. The lowest BCUT2D eigenvalue weighted by atomic mass is 9.84. The van der Waals surface area contributed by atoms with Crippen LogP contribution in [0.2, 0.25) is 0 Å². The van der Waals surface area contributed by atoms with Gasteiger partial charge in [0, 0.05) is 5.39 Å². The highest BCUT2D eigenvalue weighted by atomic mass is 16.3. The van der Waals surface area contributed by atoms with Crippen molar-refractivity contribution in [1.82, 2.24) is 0 Å². The third-order valence-corrected chi connectivity index (χ3v) is 4.64. The van der Waals surface area contributed by atoms with E-state index in [0.717, 1.165) is 36.0 Å². The Balaban J connectivity index is 1.60. The van der Waals surface area contributed by atoms with Crippen molar-refractivity contribution < 1.29 is 4.42 Å². The lowest BCUT2D eigenvalue weighted by Gasteiger charge is -2.21. The third kappa shape index (κ3) is 2.66. The topological polar surface area (TPSA) is 36.9 Å². The highest BCUT2D eigenvalue weighted by Crippen LogP contribution is 2.37. The van der Waals surface area contributed by atoms with Crippen LogP contribution in [-0.2, 0) is 0 Å². The van der Waals surface area contributed by atoms with Crippen LogP contribution in [0.5, 0.6) is 0 Å². The van der Waals surface area contributed by atoms with Crippen LogP contribution in [0.4, 0.5) is 0 Å². The van der Waals surface area contributed by atoms with Gasteiger partial charge in [-0.3, -0.25) is 0 Å². The Bertz CT molecular complexity index is 912. The quantitative estimate of drug-likeness (QED) is 0.612. The highest BCUT2D eigenvalue weighted by Gasteiger charge is 2.19. The summed E-state index contributed by atoms with van der Waals surface area (Å²) in [7, 11) is 0. The second-order valence-electron chi connectivity index (χ2n) is 6.09. The van der Waals surface area contributed by atoms with Gasteiger partial charge in [-0.1, -0.05) is 36.4 Å². The Hall–Kier alpha value is -2.79. The van der Waals surface area contributed by atoms with E-state index < -0.39 is 0 Å². The van der Waals surface area contributed by atoms with Gasteiger partial charge in [0.2, 0.25) is 0 Å². The van der Waals surface area contributed by atoms with Gasteiger partial charge in [-0.25, -0.2) is 0 Å². The first-order valence-corrected chi connectivity index (χ1v) is 8.01. The lowest BCUT2D eigenvalue weighted by molar-refractivity contribution is 0.574. The Labute approximate surface area is 135 Å². The molecule has 2 aromatic carbocycles. The predicted octanol–water partition coefficient (Wildman–Crippen LogP) is 5.66. The van der Waals surface area contributed by atoms with Gasteiger partial charge in [-0.05, 0) is 60.6 Å². The minimum atomic E-state index is 0.606. The molecule has 4 rings (SSSR count). The lowest BCUT2D eigenvalue weighted by Crippen LogP contribution is -2.03. The van der Waals surface area contributed by atoms with Crippen LogP contribution in [0.15, 0.2) is 65.1 Å². The molecule has 1 unspecified atom stereocenters. The van der Waals surface area contributed by atoms with Crippen molar-refractivity contribution in [3.05, 3.63) is 77.6 Å². The summed E-state index contributed by atoms with van der Waals surface area (Å²) in [4.78, 5) is 0. The molecule has 3 aromatic rings. The molecule has 2 heteroatoms. The average Bonchev–Trinajstić information content (AvgIpc) is 3.05. The van der Waals surface area contributed by atoms with Crippen LogP contribution in [0.1, 0.15) is 42.1 Å². The summed E-state index contributed by atoms with van der Waals surface area (Å²) in [6.45, 7) is 0. The molecule has 0 aliphatic heterocycles. The highest BCUT2D eigenvalue weighted by molar-refractivity contribution is 5.83. The van der Waals surface area contributed by atoms with E-state index in [1.54, 1.807) is 6.07 Å². The van der Waals surface area contributed by atoms with E-state index >= 15 is 0 Å². The fourth-order valence-corrected chi connectivity index (χ4v) is 3.36. The van der Waals surface area contributed by atoms with Crippen LogP contribution in [0.25, 0.3) is 16.5 Å². The molecule has 0 saturated carbocycles. The average molecular weight is 299 g/mol. The number of fused-ring (bicyclic) bond motifs is 1. The molecule has 23 heavy (non-hydrogen) atoms. The molecule has 0 fully saturated rings. The number of furan rings is 1. The Morgan fingerprint density at radius 3 is 2.65 bits per heavy atom. The number of rotatable bonds is 2. The van der Waals surface area contributed by atoms with Gasteiger partial charge in [0.15, 0.2) is 0 Å². The largest absolute Gasteiger partial charge is 0.456 e. The fraction of sp³-hybridized carbons (Fsp3) is 0.190. The molecule has 0 amide bonds. The number of hydrogen-bond acceptors (Lipinski definition) is 2. The molecule has 0 radical (unpaired) electrons. The normalized spacial score (nSPS) is 17.7. The summed E-state index contributed by atoms with van der Waals surface area (Å²) < 4.78 is 5.97. The zero-order valence-corrected chi connectivity index (χ0v) is 12.8. The molecule has 0 spiro atoms. The van der Waals surface area contributed by atoms with Crippen LogP contribution in [-0.4, -0.2) is 0 Å². The van der Waals surface area contributed by atoms with Gasteiger partial charge >= 0.3 is 0 Å². The van der Waals surface area contributed by atoms with Crippen molar-refractivity contribution in [3.63, 3.8) is 0 Å². The summed E-state index contributed by atoms with van der Waals surface area (Å²) in [5.41, 5.74) is 4.23. The summed E-state index contributed by atoms with van der Waals surface area (Å²) in [5, 5.41) is 10.0. The monoisotopic (exact) mass is 299 g/mol. The maximum absolute atomic E-state index is 9.00. The van der Waals surface area contributed by atoms with Crippen molar-refractivity contribution in [2.75, 3.05) is 0 Å². The Morgan fingerprint density at radius 1 is 1.04 bits per heavy atom. The number of nitrogens with zero attached hydrogens (tertiary/aromatic N) is 1. The molecule has 112 valence electrons. The van der Waals surface area contributed by atoms with Crippen molar-refractivity contribution in [2.45, 2.75) is 25.2 Å². The van der Waals surface area contributed by atoms with Crippen molar-refractivity contribution in [3.8, 4) is 6.07 Å². The first-order valence-electron chi connectivity index (χ1n) is 8.01. The fourth-order valence-electron chi connectivity index (χ4n) is 3.36. The van der Waals surface area contributed by atoms with Gasteiger partial charge in [0.05, 0.1) is 11.6 Å². The van der Waals surface area contributed by atoms with Gasteiger partial charge in [0.1, 0.15) is 11.3 Å². The minimum absolute atomic E-state index is 0.606. The molecule has 1 aliphatic rings. The second-order valence-corrected chi connectivity index (χ2v) is 6.09. The maximum Gasteiger partial charge on any atom is 0.134 e. The van der Waals surface area contributed by atoms with Gasteiger partial charge in [-0.15, -0.1) is 0 Å². The number of benzene rings is 2. The van der Waals surface area contributed by atoms with E-state index in [1.165, 1.54) is 11.1 Å². The Morgan fingerprint density at radius 2 is 1.91 bits per heavy atom. The molecule has 1 aliphatic carbocycles. The first kappa shape index (κ1) is 13.8. The van der Waals surface area contributed by atoms with E-state index in [2.05, 4.69) is 48.5 Å². The molecular formula is C21H17NO. The third-order valence-electron chi connectivity index (χ3n) is 4.64. The molecule has 1 heterocycles. The predicted molar refractivity (Wildman–Crippen MR) is 91.9 cm³/mol. The van der Waals surface area contributed by atoms with Crippen LogP contribution in [0.3, 0.4) is 0 Å². The summed E-state index contributed by atoms with van der Waals surface area (Å²) in [5.74, 6) is 1.55. The van der Waals surface area contributed by atoms with Gasteiger partial charge in [-0.2, -0.15) is 5.26 Å². The zero-order chi connectivity index (χ0) is 15.6. The van der Waals surface area contributed by atoms with E-state index in [1.807, 2.05) is 12.1 Å². The summed E-state index contributed by atoms with van der Waals surface area (Å²) in [6.07, 6.45) is 5.55. The number of allylic oxidation sites excluding steroid dienone is 2. The first-order chi connectivity index (χ1) is 11.3. The van der Waals surface area contributed by atoms with Crippen molar-refractivity contribution in [2.24, 2.45) is 0 Å². The standard InChI is InChI=1S/C21H17NO/c22-14-15-6-11-20-19(12-15)13-21(23-20)18-9-7-17(8-10-18)16-4-2-1-3-5-16/h1-6,9,11-13,17H,7-8,10H2. The maximum atomic E-state index is 9.00. The van der Waals surface area contributed by atoms with Crippen LogP contribution in [0, 0.1) is 11.3 Å². The summed E-state index contributed by atoms with van der Waals surface area (Å²) >= 11 is 0. The minimum Gasteiger partial charge on any atom is -0.456 e. The molecular weight excluding hydrogens is 282 g/mol. The SMILES string of the molecule is N#Cc1ccc2oc(C3=CCC(c4ccccc4)CC3)cc2c1. The number of nitriles is 1. The molecule has 0 bridgehead atoms. The summed E-state index contributed by atoms with van der Waals surface area (Å²) in [6, 6.07) is 20.5. The molecule has 2 nitrogen and oxygen atoms in total. The molecule has 1 atom stereocenters. The van der Waals surface area contributed by atoms with E-state index in [0.29, 0.717) is 11.5 Å². The molecule has 0 saturated heterocycles. The molecule has 0 N–H and O–H groups in total. The molecule has 1 aromatic heterocycles. The zero-order valence-electron chi connectivity index (χ0n) is 12.8. The second kappa shape index (κ2) is 5.78. The van der Waals surface area contributed by atoms with E-state index in [4.69, 9.17) is 9.68 Å². The van der Waals surface area contributed by atoms with Crippen LogP contribution >= 0.6 is 0 Å². The van der Waals surface area contributed by atoms with E-state index in [-0.39, 0.29) is 0 Å². The van der Waals surface area contributed by atoms with Crippen molar-refractivity contribution in [1.29, 1.82) is 5.26 Å². The smallest absolute Gasteiger partial charge is 0.134 e. The van der Waals surface area contributed by atoms with Crippen molar-refractivity contribution >= 4 is 16.5 Å². The van der Waals surface area contributed by atoms with Gasteiger partial charge in [0.25, 0.3) is 0 Å². The Kier molecular flexibility index (Phi) is 3.48. The van der Waals surface area contributed by atoms with Gasteiger partial charge < -0.3 is 4.42 Å². The van der Waals surface area contributed by atoms with Crippen LogP contribution < -0.4 is 0 Å².